The molecule has 2 rings (SSSR count). The molecule has 21 heavy (non-hydrogen) atoms. The van der Waals surface area contributed by atoms with Gasteiger partial charge in [-0.3, -0.25) is 4.79 Å². The van der Waals surface area contributed by atoms with Crippen molar-refractivity contribution in [3.8, 4) is 0 Å². The summed E-state index contributed by atoms with van der Waals surface area (Å²) < 4.78 is 5.46. The number of ketones is 1. The van der Waals surface area contributed by atoms with E-state index >= 15 is 0 Å². The Morgan fingerprint density at radius 2 is 2.05 bits per heavy atom. The van der Waals surface area contributed by atoms with Gasteiger partial charge in [-0.05, 0) is 28.4 Å². The highest BCUT2D eigenvalue weighted by molar-refractivity contribution is 9.12. The Hall–Kier alpha value is -0.910. The highest BCUT2D eigenvalue weighted by atomic mass is 79.9. The van der Waals surface area contributed by atoms with Crippen LogP contribution in [-0.2, 0) is 4.74 Å². The van der Waals surface area contributed by atoms with E-state index in [0.717, 1.165) is 6.42 Å². The summed E-state index contributed by atoms with van der Waals surface area (Å²) in [7, 11) is 0. The molecule has 0 spiro atoms. The molecule has 0 amide bonds. The first-order valence-electron chi connectivity index (χ1n) is 6.70. The molecule has 5 heteroatoms. The summed E-state index contributed by atoms with van der Waals surface area (Å²) in [6, 6.07) is 8.90. The van der Waals surface area contributed by atoms with Crippen LogP contribution in [0.4, 0.5) is 0 Å². The molecule has 1 aliphatic carbocycles. The van der Waals surface area contributed by atoms with Gasteiger partial charge in [0, 0.05) is 23.1 Å². The van der Waals surface area contributed by atoms with E-state index in [1.54, 1.807) is 30.3 Å². The van der Waals surface area contributed by atoms with Gasteiger partial charge in [0.15, 0.2) is 5.78 Å². The summed E-state index contributed by atoms with van der Waals surface area (Å²) >= 11 is 6.85. The van der Waals surface area contributed by atoms with Crippen LogP contribution < -0.4 is 0 Å². The number of aliphatic hydroxyl groups is 1. The summed E-state index contributed by atoms with van der Waals surface area (Å²) in [5.41, 5.74) is 0.831. The maximum atomic E-state index is 12.5. The zero-order chi connectivity index (χ0) is 15.5. The third-order valence-electron chi connectivity index (χ3n) is 3.09. The lowest BCUT2D eigenvalue weighted by Crippen LogP contribution is -2.28. The fourth-order valence-corrected chi connectivity index (χ4v) is 3.85. The van der Waals surface area contributed by atoms with Gasteiger partial charge in [-0.25, -0.2) is 0 Å². The average molecular weight is 416 g/mol. The normalized spacial score (nSPS) is 22.1. The Kier molecular flexibility index (Phi) is 5.41. The first kappa shape index (κ1) is 16.5. The Bertz CT molecular complexity index is 593. The molecule has 0 saturated carbocycles. The number of hydrogen-bond acceptors (Lipinski definition) is 3. The van der Waals surface area contributed by atoms with Gasteiger partial charge >= 0.3 is 0 Å². The molecule has 1 aromatic rings. The van der Waals surface area contributed by atoms with Crippen molar-refractivity contribution in [1.29, 1.82) is 0 Å². The van der Waals surface area contributed by atoms with Crippen molar-refractivity contribution in [1.82, 2.24) is 0 Å². The van der Waals surface area contributed by atoms with Crippen molar-refractivity contribution in [2.45, 2.75) is 24.3 Å². The van der Waals surface area contributed by atoms with Crippen molar-refractivity contribution >= 4 is 37.6 Å². The predicted octanol–water partition coefficient (Wildman–Crippen LogP) is 4.88. The fraction of sp³-hybridized carbons (Fsp3) is 0.312. The van der Waals surface area contributed by atoms with Crippen molar-refractivity contribution in [3.05, 3.63) is 57.8 Å². The average Bonchev–Trinajstić information content (AvgIpc) is 2.45. The molecule has 3 nitrogen and oxygen atoms in total. The molecular weight excluding hydrogens is 400 g/mol. The smallest absolute Gasteiger partial charge is 0.197 e. The third-order valence-corrected chi connectivity index (χ3v) is 4.45. The maximum Gasteiger partial charge on any atom is 0.197 e. The van der Waals surface area contributed by atoms with Crippen molar-refractivity contribution in [2.24, 2.45) is 0 Å². The van der Waals surface area contributed by atoms with Crippen LogP contribution in [0.2, 0.25) is 0 Å². The lowest BCUT2D eigenvalue weighted by Gasteiger charge is -2.29. The maximum absolute atomic E-state index is 12.5. The van der Waals surface area contributed by atoms with Crippen molar-refractivity contribution in [2.75, 3.05) is 6.61 Å². The van der Waals surface area contributed by atoms with E-state index in [-0.39, 0.29) is 23.5 Å². The number of Topliss-reactive ketones (excluding diaryl/α,β-unsaturated/α-hetero) is 1. The minimum absolute atomic E-state index is 0.0196. The van der Waals surface area contributed by atoms with Gasteiger partial charge in [0.05, 0.1) is 5.57 Å². The van der Waals surface area contributed by atoms with Crippen molar-refractivity contribution in [3.63, 3.8) is 0 Å². The molecule has 0 radical (unpaired) electrons. The summed E-state index contributed by atoms with van der Waals surface area (Å²) in [4.78, 5) is 12.5. The molecule has 1 aliphatic rings. The summed E-state index contributed by atoms with van der Waals surface area (Å²) in [6.07, 6.45) is 2.87. The van der Waals surface area contributed by atoms with E-state index in [9.17, 15) is 9.90 Å². The highest BCUT2D eigenvalue weighted by Crippen LogP contribution is 2.40. The van der Waals surface area contributed by atoms with Crippen LogP contribution in [0.5, 0.6) is 0 Å². The molecule has 112 valence electrons. The van der Waals surface area contributed by atoms with Crippen LogP contribution in [0, 0.1) is 0 Å². The number of carbonyl (C=O) groups excluding carboxylic acids is 1. The van der Waals surface area contributed by atoms with E-state index in [0.29, 0.717) is 16.7 Å². The number of halogens is 2. The second-order valence-electron chi connectivity index (χ2n) is 4.82. The number of benzene rings is 1. The molecule has 0 heterocycles. The second kappa shape index (κ2) is 6.90. The predicted molar refractivity (Wildman–Crippen MR) is 90.0 cm³/mol. The Balaban J connectivity index is 2.28. The van der Waals surface area contributed by atoms with Crippen LogP contribution in [0.3, 0.4) is 0 Å². The zero-order valence-corrected chi connectivity index (χ0v) is 14.8. The number of rotatable bonds is 5. The minimum Gasteiger partial charge on any atom is -0.511 e. The molecule has 0 fully saturated rings. The molecule has 0 bridgehead atoms. The quantitative estimate of drug-likeness (QED) is 0.550. The highest BCUT2D eigenvalue weighted by Gasteiger charge is 2.35. The minimum atomic E-state index is -0.771. The van der Waals surface area contributed by atoms with Gasteiger partial charge in [-0.1, -0.05) is 53.2 Å². The number of aliphatic hydroxyl groups excluding tert-OH is 1. The van der Waals surface area contributed by atoms with Gasteiger partial charge in [0.25, 0.3) is 0 Å². The number of allylic oxidation sites excluding steroid dienone is 2. The van der Waals surface area contributed by atoms with E-state index in [1.165, 1.54) is 0 Å². The Morgan fingerprint density at radius 3 is 2.62 bits per heavy atom. The summed E-state index contributed by atoms with van der Waals surface area (Å²) in [5, 5.41) is 10.3. The summed E-state index contributed by atoms with van der Waals surface area (Å²) in [6.45, 7) is 2.58. The Morgan fingerprint density at radius 1 is 1.38 bits per heavy atom. The van der Waals surface area contributed by atoms with Crippen LogP contribution in [0.1, 0.15) is 30.1 Å². The van der Waals surface area contributed by atoms with Crippen LogP contribution in [-0.4, -0.2) is 22.0 Å². The molecule has 0 saturated heterocycles. The van der Waals surface area contributed by atoms with Gasteiger partial charge in [0.1, 0.15) is 10.3 Å². The van der Waals surface area contributed by atoms with Crippen LogP contribution >= 0.6 is 31.9 Å². The van der Waals surface area contributed by atoms with E-state index in [2.05, 4.69) is 31.9 Å². The molecule has 1 unspecified atom stereocenters. The molecule has 0 aromatic heterocycles. The van der Waals surface area contributed by atoms with E-state index in [4.69, 9.17) is 4.74 Å². The largest absolute Gasteiger partial charge is 0.511 e. The summed E-state index contributed by atoms with van der Waals surface area (Å²) in [5.74, 6) is -0.188. The first-order valence-corrected chi connectivity index (χ1v) is 8.29. The van der Waals surface area contributed by atoms with Crippen molar-refractivity contribution < 1.29 is 14.6 Å². The standard InChI is InChI=1S/C16H16Br2O3/c1-2-8-21-16(18)9-12(17)14(13(19)10-16)15(20)11-6-4-3-5-7-11/h3-7,9,19H,2,8,10H2,1H3. The van der Waals surface area contributed by atoms with Gasteiger partial charge in [-0.15, -0.1) is 0 Å². The number of ether oxygens (including phenoxy) is 1. The monoisotopic (exact) mass is 414 g/mol. The second-order valence-corrected chi connectivity index (χ2v) is 7.02. The Labute approximate surface area is 141 Å². The van der Waals surface area contributed by atoms with Crippen LogP contribution in [0.15, 0.2) is 52.2 Å². The third kappa shape index (κ3) is 3.84. The van der Waals surface area contributed by atoms with E-state index < -0.39 is 4.51 Å². The number of carbonyl (C=O) groups is 1. The topological polar surface area (TPSA) is 46.5 Å². The SMILES string of the molecule is CCCOC1(Br)C=C(Br)C(C(=O)c2ccccc2)=C(O)C1. The molecule has 0 aliphatic heterocycles. The fourth-order valence-electron chi connectivity index (χ4n) is 2.10. The van der Waals surface area contributed by atoms with Gasteiger partial charge in [-0.2, -0.15) is 0 Å². The van der Waals surface area contributed by atoms with Gasteiger partial charge < -0.3 is 9.84 Å². The van der Waals surface area contributed by atoms with Crippen LogP contribution in [0.25, 0.3) is 0 Å². The molecule has 1 N–H and O–H groups in total. The van der Waals surface area contributed by atoms with E-state index in [1.807, 2.05) is 13.0 Å². The number of hydrogen-bond donors (Lipinski definition) is 1. The number of alkyl halides is 1. The molecular formula is C16H16Br2O3. The van der Waals surface area contributed by atoms with Gasteiger partial charge in [0.2, 0.25) is 0 Å². The first-order chi connectivity index (χ1) is 9.97. The lowest BCUT2D eigenvalue weighted by molar-refractivity contribution is 0.0562. The molecule has 1 aromatic carbocycles. The lowest BCUT2D eigenvalue weighted by atomic mass is 9.95. The molecule has 1 atom stereocenters. The zero-order valence-electron chi connectivity index (χ0n) is 11.6.